The highest BCUT2D eigenvalue weighted by Crippen LogP contribution is 2.16. The van der Waals surface area contributed by atoms with Crippen LogP contribution in [0.5, 0.6) is 0 Å². The van der Waals surface area contributed by atoms with Crippen molar-refractivity contribution in [1.29, 1.82) is 0 Å². The molecule has 0 saturated heterocycles. The van der Waals surface area contributed by atoms with Crippen LogP contribution in [0, 0.1) is 0 Å². The minimum atomic E-state index is -3.55. The predicted octanol–water partition coefficient (Wildman–Crippen LogP) is 2.68. The van der Waals surface area contributed by atoms with Gasteiger partial charge >= 0.3 is 0 Å². The number of benzene rings is 2. The van der Waals surface area contributed by atoms with Gasteiger partial charge in [0, 0.05) is 22.3 Å². The third kappa shape index (κ3) is 6.31. The zero-order valence-electron chi connectivity index (χ0n) is 16.4. The predicted molar refractivity (Wildman–Crippen MR) is 112 cm³/mol. The Morgan fingerprint density at radius 3 is 2.25 bits per heavy atom. The molecule has 1 amide bonds. The number of nitrogens with one attached hydrogen (secondary N) is 2. The molecule has 152 valence electrons. The molecular weight excluding hydrogens is 398 g/mol. The van der Waals surface area contributed by atoms with E-state index in [0.29, 0.717) is 10.7 Å². The Balaban J connectivity index is 1.98. The molecule has 2 aromatic carbocycles. The van der Waals surface area contributed by atoms with E-state index in [9.17, 15) is 13.2 Å². The van der Waals surface area contributed by atoms with E-state index in [4.69, 9.17) is 11.6 Å². The second-order valence-electron chi connectivity index (χ2n) is 7.11. The van der Waals surface area contributed by atoms with E-state index in [2.05, 4.69) is 10.0 Å². The number of halogens is 1. The lowest BCUT2D eigenvalue weighted by atomic mass is 10.1. The fourth-order valence-corrected chi connectivity index (χ4v) is 4.22. The van der Waals surface area contributed by atoms with E-state index >= 15 is 0 Å². The molecular formula is C20H27ClN3O3S+. The summed E-state index contributed by atoms with van der Waals surface area (Å²) in [5.74, 6) is -0.162. The van der Waals surface area contributed by atoms with Crippen molar-refractivity contribution in [3.63, 3.8) is 0 Å². The van der Waals surface area contributed by atoms with Gasteiger partial charge < -0.3 is 10.6 Å². The molecule has 0 fully saturated rings. The van der Waals surface area contributed by atoms with Crippen LogP contribution in [0.25, 0.3) is 0 Å². The van der Waals surface area contributed by atoms with Gasteiger partial charge in [0.2, 0.25) is 10.0 Å². The van der Waals surface area contributed by atoms with E-state index < -0.39 is 10.0 Å². The first kappa shape index (κ1) is 22.4. The van der Waals surface area contributed by atoms with Crippen molar-refractivity contribution in [1.82, 2.24) is 4.72 Å². The van der Waals surface area contributed by atoms with Gasteiger partial charge in [-0.05, 0) is 64.1 Å². The van der Waals surface area contributed by atoms with Crippen molar-refractivity contribution in [3.05, 3.63) is 59.1 Å². The molecule has 0 aliphatic heterocycles. The molecule has 28 heavy (non-hydrogen) atoms. The molecule has 2 aromatic rings. The van der Waals surface area contributed by atoms with Gasteiger partial charge in [0.1, 0.15) is 6.04 Å². The molecule has 0 saturated carbocycles. The summed E-state index contributed by atoms with van der Waals surface area (Å²) in [5.41, 5.74) is 1.59. The van der Waals surface area contributed by atoms with Crippen molar-refractivity contribution in [2.45, 2.75) is 50.7 Å². The molecule has 8 heteroatoms. The first-order chi connectivity index (χ1) is 13.1. The van der Waals surface area contributed by atoms with Crippen LogP contribution in [0.1, 0.15) is 39.3 Å². The van der Waals surface area contributed by atoms with E-state index in [1.807, 2.05) is 43.4 Å². The Labute approximate surface area is 171 Å². The summed E-state index contributed by atoms with van der Waals surface area (Å²) in [6.45, 7) is 7.35. The summed E-state index contributed by atoms with van der Waals surface area (Å²) in [7, 11) is -3.55. The van der Waals surface area contributed by atoms with Gasteiger partial charge in [-0.3, -0.25) is 4.79 Å². The number of hydrogen-bond donors (Lipinski definition) is 3. The summed E-state index contributed by atoms with van der Waals surface area (Å²) in [6.07, 6.45) is 0. The molecule has 0 spiro atoms. The standard InChI is InChI=1S/C20H26ClN3O3S/c1-13(2)24-28(26,27)19-10-8-18(9-11-19)23-20(25)15(4)22-14(3)16-6-5-7-17(21)12-16/h5-15,22,24H,1-4H3,(H,23,25)/p+1/t14-,15+/m0/s1. The molecule has 0 unspecified atom stereocenters. The highest BCUT2D eigenvalue weighted by atomic mass is 35.5. The fourth-order valence-electron chi connectivity index (χ4n) is 2.77. The fraction of sp³-hybridized carbons (Fsp3) is 0.350. The van der Waals surface area contributed by atoms with Crippen molar-refractivity contribution in [3.8, 4) is 0 Å². The number of amides is 1. The van der Waals surface area contributed by atoms with Crippen LogP contribution < -0.4 is 15.4 Å². The second kappa shape index (κ2) is 9.52. The lowest BCUT2D eigenvalue weighted by Crippen LogP contribution is -2.91. The van der Waals surface area contributed by atoms with E-state index in [1.165, 1.54) is 12.1 Å². The molecule has 0 aliphatic carbocycles. The van der Waals surface area contributed by atoms with Crippen molar-refractivity contribution >= 4 is 33.2 Å². The molecule has 6 nitrogen and oxygen atoms in total. The normalized spacial score (nSPS) is 13.9. The molecule has 0 heterocycles. The average molecular weight is 425 g/mol. The first-order valence-corrected chi connectivity index (χ1v) is 11.0. The Morgan fingerprint density at radius 1 is 1.04 bits per heavy atom. The zero-order valence-corrected chi connectivity index (χ0v) is 18.0. The van der Waals surface area contributed by atoms with Crippen LogP contribution in [-0.4, -0.2) is 26.4 Å². The number of carbonyl (C=O) groups is 1. The van der Waals surface area contributed by atoms with Crippen LogP contribution in [0.2, 0.25) is 5.02 Å². The quantitative estimate of drug-likeness (QED) is 0.608. The molecule has 4 N–H and O–H groups in total. The zero-order chi connectivity index (χ0) is 20.9. The van der Waals surface area contributed by atoms with Crippen LogP contribution >= 0.6 is 11.6 Å². The van der Waals surface area contributed by atoms with Gasteiger partial charge in [-0.1, -0.05) is 23.7 Å². The average Bonchev–Trinajstić information content (AvgIpc) is 2.61. The summed E-state index contributed by atoms with van der Waals surface area (Å²) >= 11 is 6.03. The Morgan fingerprint density at radius 2 is 1.68 bits per heavy atom. The van der Waals surface area contributed by atoms with Gasteiger partial charge in [-0.15, -0.1) is 0 Å². The summed E-state index contributed by atoms with van der Waals surface area (Å²) < 4.78 is 26.8. The number of carbonyl (C=O) groups excluding carboxylic acids is 1. The maximum atomic E-state index is 12.5. The Hall–Kier alpha value is -1.93. The van der Waals surface area contributed by atoms with Gasteiger partial charge in [0.15, 0.2) is 6.04 Å². The lowest BCUT2D eigenvalue weighted by Gasteiger charge is -2.17. The van der Waals surface area contributed by atoms with E-state index in [-0.39, 0.29) is 28.9 Å². The monoisotopic (exact) mass is 424 g/mol. The third-order valence-corrected chi connectivity index (χ3v) is 6.10. The minimum absolute atomic E-state index is 0.0640. The topological polar surface area (TPSA) is 91.9 Å². The molecule has 2 rings (SSSR count). The maximum absolute atomic E-state index is 12.5. The maximum Gasteiger partial charge on any atom is 0.282 e. The van der Waals surface area contributed by atoms with Crippen molar-refractivity contribution < 1.29 is 18.5 Å². The molecule has 0 bridgehead atoms. The summed E-state index contributed by atoms with van der Waals surface area (Å²) in [6, 6.07) is 13.2. The van der Waals surface area contributed by atoms with Crippen molar-refractivity contribution in [2.75, 3.05) is 5.32 Å². The van der Waals surface area contributed by atoms with Crippen molar-refractivity contribution in [2.24, 2.45) is 0 Å². The number of hydrogen-bond acceptors (Lipinski definition) is 3. The van der Waals surface area contributed by atoms with E-state index in [0.717, 1.165) is 5.56 Å². The minimum Gasteiger partial charge on any atom is -0.330 e. The first-order valence-electron chi connectivity index (χ1n) is 9.12. The second-order valence-corrected chi connectivity index (χ2v) is 9.26. The van der Waals surface area contributed by atoms with Gasteiger partial charge in [0.25, 0.3) is 5.91 Å². The van der Waals surface area contributed by atoms with Crippen LogP contribution in [0.4, 0.5) is 5.69 Å². The molecule has 0 radical (unpaired) electrons. The number of rotatable bonds is 8. The van der Waals surface area contributed by atoms with Crippen LogP contribution in [0.3, 0.4) is 0 Å². The number of quaternary nitrogens is 1. The largest absolute Gasteiger partial charge is 0.330 e. The number of nitrogens with two attached hydrogens (primary N) is 1. The number of anilines is 1. The third-order valence-electron chi connectivity index (χ3n) is 4.19. The van der Waals surface area contributed by atoms with Crippen LogP contribution in [-0.2, 0) is 14.8 Å². The highest BCUT2D eigenvalue weighted by Gasteiger charge is 2.21. The summed E-state index contributed by atoms with van der Waals surface area (Å²) in [5, 5.41) is 5.43. The summed E-state index contributed by atoms with van der Waals surface area (Å²) in [4.78, 5) is 12.6. The lowest BCUT2D eigenvalue weighted by molar-refractivity contribution is -0.709. The smallest absolute Gasteiger partial charge is 0.282 e. The SMILES string of the molecule is CC(C)NS(=O)(=O)c1ccc(NC(=O)[C@@H](C)[NH2+][C@@H](C)c2cccc(Cl)c2)cc1. The van der Waals surface area contributed by atoms with Gasteiger partial charge in [-0.2, -0.15) is 0 Å². The van der Waals surface area contributed by atoms with Crippen LogP contribution in [0.15, 0.2) is 53.4 Å². The van der Waals surface area contributed by atoms with Gasteiger partial charge in [0.05, 0.1) is 4.90 Å². The molecule has 2 atom stereocenters. The molecule has 0 aliphatic rings. The highest BCUT2D eigenvalue weighted by molar-refractivity contribution is 7.89. The molecule has 0 aromatic heterocycles. The number of sulfonamides is 1. The Kier molecular flexibility index (Phi) is 7.60. The van der Waals surface area contributed by atoms with E-state index in [1.54, 1.807) is 26.0 Å². The Bertz CT molecular complexity index is 915. The van der Waals surface area contributed by atoms with Gasteiger partial charge in [-0.25, -0.2) is 13.1 Å².